The summed E-state index contributed by atoms with van der Waals surface area (Å²) in [5.74, 6) is 0.0406. The van der Waals surface area contributed by atoms with Crippen molar-refractivity contribution in [2.24, 2.45) is 0 Å². The SMILES string of the molecule is C=Cc1ccc(F)c(C(C)Nc2c(Cl)c(C)nc3ccc(-c4cnc(C(C)(C)O)nc4)cc23)c1. The van der Waals surface area contributed by atoms with Gasteiger partial charge in [-0.15, -0.1) is 0 Å². The summed E-state index contributed by atoms with van der Waals surface area (Å²) >= 11 is 6.68. The second-order valence-electron chi connectivity index (χ2n) is 8.82. The van der Waals surface area contributed by atoms with Gasteiger partial charge in [0.05, 0.1) is 28.0 Å². The fourth-order valence-electron chi connectivity index (χ4n) is 3.79. The fourth-order valence-corrected chi connectivity index (χ4v) is 3.99. The quantitative estimate of drug-likeness (QED) is 0.319. The van der Waals surface area contributed by atoms with Crippen LogP contribution in [0, 0.1) is 12.7 Å². The number of hydrogen-bond acceptors (Lipinski definition) is 5. The maximum absolute atomic E-state index is 14.6. The summed E-state index contributed by atoms with van der Waals surface area (Å²) in [5.41, 5.74) is 4.00. The lowest BCUT2D eigenvalue weighted by Gasteiger charge is -2.21. The first-order chi connectivity index (χ1) is 16.1. The molecular formula is C27H26ClFN4O. The smallest absolute Gasteiger partial charge is 0.159 e. The van der Waals surface area contributed by atoms with E-state index in [0.717, 1.165) is 27.6 Å². The molecule has 0 spiro atoms. The molecule has 2 heterocycles. The van der Waals surface area contributed by atoms with E-state index in [1.807, 2.05) is 32.0 Å². The minimum Gasteiger partial charge on any atom is -0.382 e. The van der Waals surface area contributed by atoms with Crippen molar-refractivity contribution in [2.75, 3.05) is 5.32 Å². The molecule has 0 radical (unpaired) electrons. The Labute approximate surface area is 203 Å². The van der Waals surface area contributed by atoms with Crippen LogP contribution in [0.4, 0.5) is 10.1 Å². The van der Waals surface area contributed by atoms with Gasteiger partial charge in [0.15, 0.2) is 5.82 Å². The highest BCUT2D eigenvalue weighted by Gasteiger charge is 2.20. The Bertz CT molecular complexity index is 1380. The lowest BCUT2D eigenvalue weighted by atomic mass is 10.0. The minimum absolute atomic E-state index is 0.304. The van der Waals surface area contributed by atoms with Crippen molar-refractivity contribution in [3.63, 3.8) is 0 Å². The maximum Gasteiger partial charge on any atom is 0.159 e. The molecule has 4 rings (SSSR count). The molecule has 0 bridgehead atoms. The molecule has 0 saturated carbocycles. The van der Waals surface area contributed by atoms with E-state index in [9.17, 15) is 9.50 Å². The number of pyridine rings is 1. The number of aryl methyl sites for hydroxylation is 1. The van der Waals surface area contributed by atoms with Crippen LogP contribution in [0.1, 0.15) is 49.5 Å². The van der Waals surface area contributed by atoms with E-state index in [1.165, 1.54) is 6.07 Å². The van der Waals surface area contributed by atoms with Gasteiger partial charge in [0, 0.05) is 28.9 Å². The Morgan fingerprint density at radius 1 is 1.12 bits per heavy atom. The Kier molecular flexibility index (Phi) is 6.39. The van der Waals surface area contributed by atoms with Crippen LogP contribution in [0.2, 0.25) is 5.02 Å². The van der Waals surface area contributed by atoms with Gasteiger partial charge in [0.2, 0.25) is 0 Å². The van der Waals surface area contributed by atoms with Crippen molar-refractivity contribution in [3.8, 4) is 11.1 Å². The molecule has 0 saturated heterocycles. The number of aliphatic hydroxyl groups is 1. The van der Waals surface area contributed by atoms with E-state index in [-0.39, 0.29) is 11.9 Å². The Balaban J connectivity index is 1.78. The van der Waals surface area contributed by atoms with Crippen molar-refractivity contribution in [1.82, 2.24) is 15.0 Å². The average Bonchev–Trinajstić information content (AvgIpc) is 2.81. The van der Waals surface area contributed by atoms with Crippen LogP contribution in [0.5, 0.6) is 0 Å². The number of aromatic nitrogens is 3. The van der Waals surface area contributed by atoms with Crippen molar-refractivity contribution in [2.45, 2.75) is 39.3 Å². The predicted molar refractivity (Wildman–Crippen MR) is 136 cm³/mol. The third-order valence-corrected chi connectivity index (χ3v) is 6.17. The first kappa shape index (κ1) is 23.8. The predicted octanol–water partition coefficient (Wildman–Crippen LogP) is 6.84. The third-order valence-electron chi connectivity index (χ3n) is 5.71. The van der Waals surface area contributed by atoms with Gasteiger partial charge in [0.25, 0.3) is 0 Å². The molecule has 2 N–H and O–H groups in total. The van der Waals surface area contributed by atoms with E-state index >= 15 is 0 Å². The van der Waals surface area contributed by atoms with Crippen LogP contribution in [-0.4, -0.2) is 20.1 Å². The fraction of sp³-hybridized carbons (Fsp3) is 0.222. The number of rotatable bonds is 6. The van der Waals surface area contributed by atoms with Crippen LogP contribution >= 0.6 is 11.6 Å². The summed E-state index contributed by atoms with van der Waals surface area (Å²) in [6, 6.07) is 10.4. The first-order valence-corrected chi connectivity index (χ1v) is 11.3. The van der Waals surface area contributed by atoms with Crippen LogP contribution in [0.3, 0.4) is 0 Å². The van der Waals surface area contributed by atoms with Crippen LogP contribution in [-0.2, 0) is 5.60 Å². The molecule has 174 valence electrons. The van der Waals surface area contributed by atoms with E-state index in [4.69, 9.17) is 11.6 Å². The van der Waals surface area contributed by atoms with Gasteiger partial charge >= 0.3 is 0 Å². The average molecular weight is 477 g/mol. The summed E-state index contributed by atoms with van der Waals surface area (Å²) in [6.45, 7) is 10.8. The first-order valence-electron chi connectivity index (χ1n) is 10.9. The van der Waals surface area contributed by atoms with E-state index < -0.39 is 5.60 Å². The number of anilines is 1. The van der Waals surface area contributed by atoms with Gasteiger partial charge < -0.3 is 10.4 Å². The zero-order valence-corrected chi connectivity index (χ0v) is 20.3. The summed E-state index contributed by atoms with van der Waals surface area (Å²) < 4.78 is 14.6. The highest BCUT2D eigenvalue weighted by molar-refractivity contribution is 6.35. The number of halogens is 2. The Morgan fingerprint density at radius 2 is 1.82 bits per heavy atom. The molecule has 2 aromatic carbocycles. The van der Waals surface area contributed by atoms with Crippen molar-refractivity contribution < 1.29 is 9.50 Å². The molecule has 7 heteroatoms. The molecule has 2 aromatic heterocycles. The number of nitrogens with one attached hydrogen (secondary N) is 1. The van der Waals surface area contributed by atoms with E-state index in [1.54, 1.807) is 44.4 Å². The highest BCUT2D eigenvalue weighted by atomic mass is 35.5. The zero-order chi connectivity index (χ0) is 24.6. The number of hydrogen-bond donors (Lipinski definition) is 2. The normalized spacial score (nSPS) is 12.6. The van der Waals surface area contributed by atoms with Gasteiger partial charge in [-0.2, -0.15) is 0 Å². The third kappa shape index (κ3) is 4.65. The lowest BCUT2D eigenvalue weighted by molar-refractivity contribution is 0.0687. The molecule has 5 nitrogen and oxygen atoms in total. The number of benzene rings is 2. The molecule has 0 amide bonds. The monoisotopic (exact) mass is 476 g/mol. The van der Waals surface area contributed by atoms with Gasteiger partial charge in [-0.05, 0) is 63.1 Å². The highest BCUT2D eigenvalue weighted by Crippen LogP contribution is 2.37. The summed E-state index contributed by atoms with van der Waals surface area (Å²) in [5, 5.41) is 14.8. The summed E-state index contributed by atoms with van der Waals surface area (Å²) in [4.78, 5) is 13.2. The van der Waals surface area contributed by atoms with E-state index in [2.05, 4.69) is 26.8 Å². The number of fused-ring (bicyclic) bond motifs is 1. The van der Waals surface area contributed by atoms with Crippen LogP contribution in [0.25, 0.3) is 28.1 Å². The van der Waals surface area contributed by atoms with Gasteiger partial charge in [-0.1, -0.05) is 36.4 Å². The summed E-state index contributed by atoms with van der Waals surface area (Å²) in [6.07, 6.45) is 5.04. The second kappa shape index (κ2) is 9.12. The van der Waals surface area contributed by atoms with E-state index in [0.29, 0.717) is 27.8 Å². The van der Waals surface area contributed by atoms with Gasteiger partial charge in [0.1, 0.15) is 11.4 Å². The van der Waals surface area contributed by atoms with Crippen molar-refractivity contribution >= 4 is 34.3 Å². The molecule has 34 heavy (non-hydrogen) atoms. The topological polar surface area (TPSA) is 70.9 Å². The van der Waals surface area contributed by atoms with Crippen molar-refractivity contribution in [1.29, 1.82) is 0 Å². The molecular weight excluding hydrogens is 451 g/mol. The second-order valence-corrected chi connectivity index (χ2v) is 9.20. The largest absolute Gasteiger partial charge is 0.382 e. The van der Waals surface area contributed by atoms with Gasteiger partial charge in [-0.3, -0.25) is 4.98 Å². The van der Waals surface area contributed by atoms with Crippen molar-refractivity contribution in [3.05, 3.63) is 88.9 Å². The zero-order valence-electron chi connectivity index (χ0n) is 19.5. The maximum atomic E-state index is 14.6. The molecule has 1 unspecified atom stereocenters. The molecule has 0 aliphatic carbocycles. The van der Waals surface area contributed by atoms with Crippen LogP contribution < -0.4 is 5.32 Å². The van der Waals surface area contributed by atoms with Crippen LogP contribution in [0.15, 0.2) is 55.4 Å². The standard InChI is InChI=1S/C27H26ClFN4O/c1-6-17-7-9-22(29)20(11-17)15(2)33-25-21-12-18(8-10-23(21)32-16(3)24(25)28)19-13-30-26(31-14-19)27(4,5)34/h6-15,34H,1H2,2-5H3,(H,32,33). The molecule has 4 aromatic rings. The molecule has 0 fully saturated rings. The summed E-state index contributed by atoms with van der Waals surface area (Å²) in [7, 11) is 0. The number of nitrogens with zero attached hydrogens (tertiary/aromatic N) is 3. The molecule has 0 aliphatic rings. The molecule has 0 aliphatic heterocycles. The molecule has 1 atom stereocenters. The Morgan fingerprint density at radius 3 is 2.47 bits per heavy atom. The lowest BCUT2D eigenvalue weighted by Crippen LogP contribution is -2.19. The van der Waals surface area contributed by atoms with Gasteiger partial charge in [-0.25, -0.2) is 14.4 Å². The Hall–Kier alpha value is -3.35. The minimum atomic E-state index is -1.12.